The van der Waals surface area contributed by atoms with E-state index in [-0.39, 0.29) is 17.0 Å². The largest absolute Gasteiger partial charge is 0.508 e. The molecule has 2 aromatic carbocycles. The SMILES string of the molecule is CC1(C)OB(c2ccc(NC(C#N)c3ccc(O)cc3)cc2)OC1(C)C. The highest BCUT2D eigenvalue weighted by atomic mass is 16.7. The molecule has 1 saturated heterocycles. The molecule has 2 N–H and O–H groups in total. The van der Waals surface area contributed by atoms with Crippen molar-refractivity contribution in [2.45, 2.75) is 44.9 Å². The van der Waals surface area contributed by atoms with Gasteiger partial charge in [-0.25, -0.2) is 0 Å². The van der Waals surface area contributed by atoms with E-state index in [1.807, 2.05) is 52.0 Å². The standard InChI is InChI=1S/C20H23BN2O3/c1-19(2)20(3,4)26-21(25-19)15-7-9-16(10-8-15)23-18(13-22)14-5-11-17(24)12-6-14/h5-12,18,23-24H,1-4H3. The Bertz CT molecular complexity index is 794. The number of anilines is 1. The molecule has 6 heteroatoms. The molecule has 1 atom stereocenters. The molecular weight excluding hydrogens is 327 g/mol. The molecule has 1 fully saturated rings. The lowest BCUT2D eigenvalue weighted by Gasteiger charge is -2.32. The Morgan fingerprint density at radius 1 is 0.962 bits per heavy atom. The molecular formula is C20H23BN2O3. The molecule has 0 amide bonds. The van der Waals surface area contributed by atoms with Crippen LogP contribution in [0.1, 0.15) is 39.3 Å². The number of rotatable bonds is 4. The second-order valence-corrected chi connectivity index (χ2v) is 7.51. The average Bonchev–Trinajstić information content (AvgIpc) is 2.82. The molecule has 1 aliphatic rings. The molecule has 0 spiro atoms. The van der Waals surface area contributed by atoms with Crippen LogP contribution in [0.5, 0.6) is 5.75 Å². The van der Waals surface area contributed by atoms with Gasteiger partial charge in [0.05, 0.1) is 17.3 Å². The van der Waals surface area contributed by atoms with Crippen LogP contribution in [0.4, 0.5) is 5.69 Å². The van der Waals surface area contributed by atoms with Gasteiger partial charge in [-0.2, -0.15) is 5.26 Å². The smallest absolute Gasteiger partial charge is 0.494 e. The molecule has 26 heavy (non-hydrogen) atoms. The van der Waals surface area contributed by atoms with E-state index in [1.54, 1.807) is 24.3 Å². The van der Waals surface area contributed by atoms with Crippen molar-refractivity contribution in [2.24, 2.45) is 0 Å². The van der Waals surface area contributed by atoms with Crippen molar-refractivity contribution in [3.63, 3.8) is 0 Å². The van der Waals surface area contributed by atoms with Crippen LogP contribution >= 0.6 is 0 Å². The van der Waals surface area contributed by atoms with Crippen LogP contribution in [0.3, 0.4) is 0 Å². The van der Waals surface area contributed by atoms with E-state index in [4.69, 9.17) is 9.31 Å². The van der Waals surface area contributed by atoms with E-state index in [1.165, 1.54) is 0 Å². The second-order valence-electron chi connectivity index (χ2n) is 7.51. The quantitative estimate of drug-likeness (QED) is 0.827. The Morgan fingerprint density at radius 2 is 1.50 bits per heavy atom. The van der Waals surface area contributed by atoms with E-state index >= 15 is 0 Å². The summed E-state index contributed by atoms with van der Waals surface area (Å²) >= 11 is 0. The number of nitrogens with one attached hydrogen (secondary N) is 1. The third kappa shape index (κ3) is 3.55. The Balaban J connectivity index is 1.72. The highest BCUT2D eigenvalue weighted by Crippen LogP contribution is 2.36. The summed E-state index contributed by atoms with van der Waals surface area (Å²) in [5.41, 5.74) is 1.80. The van der Waals surface area contributed by atoms with Crippen molar-refractivity contribution >= 4 is 18.3 Å². The number of benzene rings is 2. The molecule has 1 unspecified atom stereocenters. The molecule has 2 aromatic rings. The molecule has 0 saturated carbocycles. The highest BCUT2D eigenvalue weighted by molar-refractivity contribution is 6.62. The molecule has 5 nitrogen and oxygen atoms in total. The van der Waals surface area contributed by atoms with Crippen molar-refractivity contribution in [1.29, 1.82) is 5.26 Å². The fourth-order valence-electron chi connectivity index (χ4n) is 2.74. The van der Waals surface area contributed by atoms with Gasteiger partial charge in [-0.15, -0.1) is 0 Å². The third-order valence-corrected chi connectivity index (χ3v) is 5.10. The third-order valence-electron chi connectivity index (χ3n) is 5.10. The summed E-state index contributed by atoms with van der Waals surface area (Å²) in [5, 5.41) is 22.0. The van der Waals surface area contributed by atoms with Crippen LogP contribution in [0, 0.1) is 11.3 Å². The van der Waals surface area contributed by atoms with Gasteiger partial charge in [-0.1, -0.05) is 24.3 Å². The van der Waals surface area contributed by atoms with Crippen LogP contribution in [0.25, 0.3) is 0 Å². The van der Waals surface area contributed by atoms with Crippen LogP contribution in [0.2, 0.25) is 0 Å². The highest BCUT2D eigenvalue weighted by Gasteiger charge is 2.51. The predicted molar refractivity (Wildman–Crippen MR) is 102 cm³/mol. The number of hydrogen-bond donors (Lipinski definition) is 2. The second kappa shape index (κ2) is 6.67. The van der Waals surface area contributed by atoms with E-state index in [0.717, 1.165) is 16.7 Å². The average molecular weight is 350 g/mol. The topological polar surface area (TPSA) is 74.5 Å². The number of hydrogen-bond acceptors (Lipinski definition) is 5. The summed E-state index contributed by atoms with van der Waals surface area (Å²) in [6.07, 6.45) is 0. The maximum Gasteiger partial charge on any atom is 0.494 e. The molecule has 134 valence electrons. The minimum Gasteiger partial charge on any atom is -0.508 e. The first-order chi connectivity index (χ1) is 12.2. The minimum absolute atomic E-state index is 0.178. The molecule has 1 heterocycles. The predicted octanol–water partition coefficient (Wildman–Crippen LogP) is 3.37. The molecule has 3 rings (SSSR count). The molecule has 0 bridgehead atoms. The van der Waals surface area contributed by atoms with Gasteiger partial charge in [0.1, 0.15) is 11.8 Å². The lowest BCUT2D eigenvalue weighted by atomic mass is 9.79. The first-order valence-corrected chi connectivity index (χ1v) is 8.62. The Kier molecular flexibility index (Phi) is 4.70. The van der Waals surface area contributed by atoms with E-state index in [2.05, 4.69) is 11.4 Å². The van der Waals surface area contributed by atoms with Gasteiger partial charge in [-0.3, -0.25) is 0 Å². The van der Waals surface area contributed by atoms with E-state index in [9.17, 15) is 10.4 Å². The minimum atomic E-state index is -0.502. The van der Waals surface area contributed by atoms with Crippen molar-refractivity contribution in [3.05, 3.63) is 54.1 Å². The van der Waals surface area contributed by atoms with Gasteiger partial charge in [0.15, 0.2) is 0 Å². The van der Waals surface area contributed by atoms with Gasteiger partial charge in [-0.05, 0) is 63.0 Å². The fraction of sp³-hybridized carbons (Fsp3) is 0.350. The first kappa shape index (κ1) is 18.3. The summed E-state index contributed by atoms with van der Waals surface area (Å²) in [7, 11) is -0.405. The normalized spacial score (nSPS) is 19.0. The van der Waals surface area contributed by atoms with Crippen LogP contribution in [-0.2, 0) is 9.31 Å². The van der Waals surface area contributed by atoms with Gasteiger partial charge in [0.25, 0.3) is 0 Å². The van der Waals surface area contributed by atoms with Gasteiger partial charge in [0.2, 0.25) is 0 Å². The number of phenols is 1. The number of nitrogens with zero attached hydrogens (tertiary/aromatic N) is 1. The van der Waals surface area contributed by atoms with Crippen LogP contribution in [0.15, 0.2) is 48.5 Å². The maximum absolute atomic E-state index is 9.44. The van der Waals surface area contributed by atoms with Crippen LogP contribution < -0.4 is 10.8 Å². The molecule has 1 aliphatic heterocycles. The Hall–Kier alpha value is -2.49. The Morgan fingerprint density at radius 3 is 2.00 bits per heavy atom. The lowest BCUT2D eigenvalue weighted by molar-refractivity contribution is 0.00578. The maximum atomic E-state index is 9.44. The summed E-state index contributed by atoms with van der Waals surface area (Å²) < 4.78 is 12.1. The zero-order valence-electron chi connectivity index (χ0n) is 15.5. The molecule has 0 radical (unpaired) electrons. The van der Waals surface area contributed by atoms with E-state index < -0.39 is 13.2 Å². The number of phenolic OH excluding ortho intramolecular Hbond substituents is 1. The van der Waals surface area contributed by atoms with Gasteiger partial charge < -0.3 is 19.7 Å². The number of nitriles is 1. The zero-order valence-corrected chi connectivity index (χ0v) is 15.5. The van der Waals surface area contributed by atoms with Gasteiger partial charge >= 0.3 is 7.12 Å². The summed E-state index contributed by atoms with van der Waals surface area (Å²) in [5.74, 6) is 0.178. The zero-order chi connectivity index (χ0) is 18.9. The first-order valence-electron chi connectivity index (χ1n) is 8.62. The summed E-state index contributed by atoms with van der Waals surface area (Å²) in [6, 6.07) is 16.0. The van der Waals surface area contributed by atoms with Crippen LogP contribution in [-0.4, -0.2) is 23.4 Å². The van der Waals surface area contributed by atoms with Crippen molar-refractivity contribution in [3.8, 4) is 11.8 Å². The molecule has 0 aliphatic carbocycles. The van der Waals surface area contributed by atoms with Gasteiger partial charge in [0, 0.05) is 5.69 Å². The van der Waals surface area contributed by atoms with Crippen molar-refractivity contribution in [1.82, 2.24) is 0 Å². The van der Waals surface area contributed by atoms with Crippen molar-refractivity contribution in [2.75, 3.05) is 5.32 Å². The monoisotopic (exact) mass is 350 g/mol. The summed E-state index contributed by atoms with van der Waals surface area (Å²) in [4.78, 5) is 0. The summed E-state index contributed by atoms with van der Waals surface area (Å²) in [6.45, 7) is 8.10. The lowest BCUT2D eigenvalue weighted by Crippen LogP contribution is -2.41. The molecule has 0 aromatic heterocycles. The fourth-order valence-corrected chi connectivity index (χ4v) is 2.74. The Labute approximate surface area is 154 Å². The van der Waals surface area contributed by atoms with Crippen molar-refractivity contribution < 1.29 is 14.4 Å². The number of aromatic hydroxyl groups is 1. The van der Waals surface area contributed by atoms with E-state index in [0.29, 0.717) is 0 Å².